The van der Waals surface area contributed by atoms with Crippen LogP contribution in [0.4, 0.5) is 0 Å². The Hall–Kier alpha value is -10.2. The average molecular weight is 990 g/mol. The summed E-state index contributed by atoms with van der Waals surface area (Å²) in [5.74, 6) is 2.40. The number of hydrogen-bond donors (Lipinski definition) is 0. The normalized spacial score (nSPS) is 11.9. The van der Waals surface area contributed by atoms with Crippen molar-refractivity contribution in [2.75, 3.05) is 0 Å². The average Bonchev–Trinajstić information content (AvgIpc) is 4.16. The third-order valence-electron chi connectivity index (χ3n) is 14.9. The summed E-state index contributed by atoms with van der Waals surface area (Å²) >= 11 is 0. The fourth-order valence-corrected chi connectivity index (χ4v) is 16.5. The molecule has 0 bridgehead atoms. The summed E-state index contributed by atoms with van der Waals surface area (Å²) in [6.45, 7) is 0. The smallest absolute Gasteiger partial charge is 0.240 e. The molecule has 9 nitrogen and oxygen atoms in total. The number of aromatic nitrogens is 9. The molecule has 76 heavy (non-hydrogen) atoms. The maximum atomic E-state index is 5.50. The molecule has 0 radical (unpaired) electrons. The maximum Gasteiger partial charge on any atom is 0.240 e. The molecule has 10 heteroatoms. The molecule has 0 aliphatic rings. The lowest BCUT2D eigenvalue weighted by molar-refractivity contribution is 0.873. The van der Waals surface area contributed by atoms with E-state index in [1.807, 2.05) is 0 Å². The van der Waals surface area contributed by atoms with Crippen molar-refractivity contribution >= 4 is 94.2 Å². The van der Waals surface area contributed by atoms with Gasteiger partial charge >= 0.3 is 0 Å². The van der Waals surface area contributed by atoms with E-state index < -0.39 is 8.07 Å². The van der Waals surface area contributed by atoms with Gasteiger partial charge in [0.25, 0.3) is 0 Å². The van der Waals surface area contributed by atoms with E-state index in [0.29, 0.717) is 35.3 Å². The van der Waals surface area contributed by atoms with Crippen molar-refractivity contribution in [1.29, 1.82) is 0 Å². The maximum absolute atomic E-state index is 5.50. The molecule has 0 N–H and O–H groups in total. The Morgan fingerprint density at radius 1 is 0.224 bits per heavy atom. The van der Waals surface area contributed by atoms with Crippen LogP contribution in [0.5, 0.6) is 0 Å². The number of nitrogens with zero attached hydrogens (tertiary/aromatic N) is 9. The molecule has 0 fully saturated rings. The zero-order chi connectivity index (χ0) is 50.2. The molecule has 0 spiro atoms. The summed E-state index contributed by atoms with van der Waals surface area (Å²) < 4.78 is 6.41. The Morgan fingerprint density at radius 3 is 0.855 bits per heavy atom. The van der Waals surface area contributed by atoms with E-state index in [2.05, 4.69) is 275 Å². The van der Waals surface area contributed by atoms with Crippen molar-refractivity contribution in [2.24, 2.45) is 0 Å². The van der Waals surface area contributed by atoms with Gasteiger partial charge in [0.2, 0.25) is 29.5 Å². The van der Waals surface area contributed by atoms with Gasteiger partial charge in [-0.1, -0.05) is 224 Å². The molecule has 0 amide bonds. The van der Waals surface area contributed by atoms with Crippen molar-refractivity contribution in [1.82, 2.24) is 43.6 Å². The number of benzene rings is 10. The van der Waals surface area contributed by atoms with Gasteiger partial charge < -0.3 is 0 Å². The highest BCUT2D eigenvalue weighted by molar-refractivity contribution is 7.19. The molecule has 0 saturated carbocycles. The van der Waals surface area contributed by atoms with Gasteiger partial charge in [-0.3, -0.25) is 13.7 Å². The Kier molecular flexibility index (Phi) is 10.0. The molecule has 5 heterocycles. The molecule has 0 atom stereocenters. The van der Waals surface area contributed by atoms with Gasteiger partial charge in [-0.25, -0.2) is 4.98 Å². The minimum atomic E-state index is -2.96. The van der Waals surface area contributed by atoms with Gasteiger partial charge in [0.15, 0.2) is 13.9 Å². The lowest BCUT2D eigenvalue weighted by Crippen LogP contribution is -2.74. The minimum Gasteiger partial charge on any atom is -0.278 e. The predicted octanol–water partition coefficient (Wildman–Crippen LogP) is 12.1. The van der Waals surface area contributed by atoms with E-state index in [4.69, 9.17) is 29.9 Å². The molecular weight excluding hydrogens is 947 g/mol. The zero-order valence-electron chi connectivity index (χ0n) is 40.9. The highest BCUT2D eigenvalue weighted by Gasteiger charge is 2.41. The van der Waals surface area contributed by atoms with Gasteiger partial charge in [0, 0.05) is 37.9 Å². The SMILES string of the molecule is c1ccc([Si](c2ccccc2)(c2ccccc2)c2cccc(-c3nc(-c4nc(-n5c6ccccc6c6ccccc65)nc(-n5c6ccccc6c6ccccc65)n4)nc(-n4c5ccccc5c5ccccc54)n3)c2)cc1. The van der Waals surface area contributed by atoms with Crippen LogP contribution in [0.3, 0.4) is 0 Å². The second-order valence-electron chi connectivity index (χ2n) is 19.1. The summed E-state index contributed by atoms with van der Waals surface area (Å²) in [6.07, 6.45) is 0. The van der Waals surface area contributed by atoms with E-state index in [-0.39, 0.29) is 0 Å². The van der Waals surface area contributed by atoms with Crippen molar-refractivity contribution in [2.45, 2.75) is 0 Å². The molecule has 0 aliphatic carbocycles. The molecular formula is C66H43N9Si. The molecule has 10 aromatic carbocycles. The molecule has 15 aromatic rings. The van der Waals surface area contributed by atoms with Gasteiger partial charge in [-0.2, -0.15) is 24.9 Å². The quantitative estimate of drug-likeness (QED) is 0.106. The van der Waals surface area contributed by atoms with Crippen LogP contribution in [0.15, 0.2) is 261 Å². The Balaban J connectivity index is 1.04. The summed E-state index contributed by atoms with van der Waals surface area (Å²) in [7, 11) is -2.96. The summed E-state index contributed by atoms with van der Waals surface area (Å²) in [4.78, 5) is 32.8. The fourth-order valence-electron chi connectivity index (χ4n) is 11.7. The van der Waals surface area contributed by atoms with E-state index in [1.54, 1.807) is 0 Å². The zero-order valence-corrected chi connectivity index (χ0v) is 41.9. The molecule has 0 saturated heterocycles. The lowest BCUT2D eigenvalue weighted by Gasteiger charge is -2.34. The lowest BCUT2D eigenvalue weighted by atomic mass is 10.2. The fraction of sp³-hybridized carbons (Fsp3) is 0. The van der Waals surface area contributed by atoms with E-state index in [9.17, 15) is 0 Å². The van der Waals surface area contributed by atoms with Crippen molar-refractivity contribution < 1.29 is 0 Å². The van der Waals surface area contributed by atoms with Gasteiger partial charge in [-0.05, 0) is 57.1 Å². The number of rotatable bonds is 9. The second kappa shape index (κ2) is 17.5. The second-order valence-corrected chi connectivity index (χ2v) is 22.9. The highest BCUT2D eigenvalue weighted by atomic mass is 28.3. The predicted molar refractivity (Wildman–Crippen MR) is 311 cm³/mol. The van der Waals surface area contributed by atoms with Crippen LogP contribution in [0.2, 0.25) is 0 Å². The van der Waals surface area contributed by atoms with Crippen LogP contribution in [0, 0.1) is 0 Å². The third kappa shape index (κ3) is 6.71. The van der Waals surface area contributed by atoms with Gasteiger partial charge in [-0.15, -0.1) is 0 Å². The van der Waals surface area contributed by atoms with Gasteiger partial charge in [0.1, 0.15) is 0 Å². The van der Waals surface area contributed by atoms with Crippen LogP contribution in [0.1, 0.15) is 0 Å². The summed E-state index contributed by atoms with van der Waals surface area (Å²) in [6, 6.07) is 92.2. The topological polar surface area (TPSA) is 92.1 Å². The molecule has 0 unspecified atom stereocenters. The van der Waals surface area contributed by atoms with Crippen LogP contribution < -0.4 is 20.7 Å². The Morgan fingerprint density at radius 2 is 0.500 bits per heavy atom. The van der Waals surface area contributed by atoms with Crippen molar-refractivity contribution in [3.8, 4) is 40.9 Å². The van der Waals surface area contributed by atoms with Crippen LogP contribution in [-0.4, -0.2) is 51.7 Å². The molecule has 0 aliphatic heterocycles. The number of para-hydroxylation sites is 6. The number of fused-ring (bicyclic) bond motifs is 9. The van der Waals surface area contributed by atoms with Crippen molar-refractivity contribution in [3.05, 3.63) is 261 Å². The highest BCUT2D eigenvalue weighted by Crippen LogP contribution is 2.36. The standard InChI is InChI=1S/C66H43N9Si/c1-4-24-45(25-5-1)76(46-26-6-2-7-27-46,47-28-8-3-9-29-47)48-30-22-23-44(43-48)61-67-62(69-64(68-61)73-55-37-16-10-31-49(55)50-32-11-17-38-56(50)73)63-70-65(74-57-39-18-12-33-51(57)52-34-13-19-40-58(52)74)72-66(71-63)75-59-41-20-14-35-53(59)54-36-15-21-42-60(54)75/h1-43H. The Labute approximate surface area is 437 Å². The van der Waals surface area contributed by atoms with Crippen LogP contribution in [-0.2, 0) is 0 Å². The molecule has 15 rings (SSSR count). The van der Waals surface area contributed by atoms with E-state index >= 15 is 0 Å². The molecule has 5 aromatic heterocycles. The first-order valence-corrected chi connectivity index (χ1v) is 27.5. The first-order valence-electron chi connectivity index (χ1n) is 25.5. The molecule has 356 valence electrons. The largest absolute Gasteiger partial charge is 0.278 e. The van der Waals surface area contributed by atoms with Gasteiger partial charge in [0.05, 0.1) is 33.1 Å². The summed E-state index contributed by atoms with van der Waals surface area (Å²) in [5, 5.41) is 11.6. The first-order chi connectivity index (χ1) is 37.7. The Bertz CT molecular complexity index is 4330. The van der Waals surface area contributed by atoms with Crippen molar-refractivity contribution in [3.63, 3.8) is 0 Å². The monoisotopic (exact) mass is 989 g/mol. The number of hydrogen-bond acceptors (Lipinski definition) is 6. The first kappa shape index (κ1) is 43.4. The van der Waals surface area contributed by atoms with E-state index in [1.165, 1.54) is 20.7 Å². The summed E-state index contributed by atoms with van der Waals surface area (Å²) in [5.41, 5.74) is 6.65. The van der Waals surface area contributed by atoms with Crippen LogP contribution in [0.25, 0.3) is 106 Å². The van der Waals surface area contributed by atoms with Crippen LogP contribution >= 0.6 is 0 Å². The third-order valence-corrected chi connectivity index (χ3v) is 19.7. The minimum absolute atomic E-state index is 0.298. The van der Waals surface area contributed by atoms with E-state index in [0.717, 1.165) is 71.0 Å².